The van der Waals surface area contributed by atoms with Crippen molar-refractivity contribution in [3.63, 3.8) is 0 Å². The Morgan fingerprint density at radius 3 is 0.736 bits per heavy atom. The zero-order valence-electron chi connectivity index (χ0n) is 35.9. The number of anilines is 3. The molecule has 0 aromatic carbocycles. The SMILES string of the molecule is CC1(C)CC(N(c2nc(N)nc(N(C3CC(C)(C)N(O)C(C)(C)C3)C3CC(C)(C)N(O)C(C)(C)C3)n2)C2CC(C)(C)N(O)C(C)(C)C2)CC(C)(C)N1O. The van der Waals surface area contributed by atoms with Crippen LogP contribution in [0.2, 0.25) is 0 Å². The van der Waals surface area contributed by atoms with E-state index in [1.54, 1.807) is 0 Å². The van der Waals surface area contributed by atoms with Crippen molar-refractivity contribution in [3.8, 4) is 0 Å². The van der Waals surface area contributed by atoms with Gasteiger partial charge in [0.1, 0.15) is 0 Å². The predicted molar refractivity (Wildman–Crippen MR) is 208 cm³/mol. The molecule has 0 bridgehead atoms. The lowest BCUT2D eigenvalue weighted by Crippen LogP contribution is -2.68. The molecule has 4 saturated heterocycles. The standard InChI is InChI=1S/C39H74N10O4/c1-32(2)17-25(18-33(3,4)46(32)50)44(26-19-34(5,6)47(51)35(7,8)20-26)30-41-29(40)42-31(43-30)45(27-21-36(9,10)48(52)37(11,12)22-27)28-23-38(13,14)49(53)39(15,16)24-28/h25-28,50-53H,17-24H2,1-16H3,(H2,40,41,42,43). The van der Waals surface area contributed by atoms with Crippen molar-refractivity contribution in [2.24, 2.45) is 0 Å². The number of piperidine rings is 4. The van der Waals surface area contributed by atoms with Gasteiger partial charge in [-0.1, -0.05) is 0 Å². The van der Waals surface area contributed by atoms with Gasteiger partial charge in [0.25, 0.3) is 0 Å². The first-order chi connectivity index (χ1) is 23.7. The van der Waals surface area contributed by atoms with Gasteiger partial charge in [-0.15, -0.1) is 0 Å². The van der Waals surface area contributed by atoms with Crippen molar-refractivity contribution in [1.82, 2.24) is 35.2 Å². The highest BCUT2D eigenvalue weighted by Crippen LogP contribution is 2.48. The highest BCUT2D eigenvalue weighted by Gasteiger charge is 2.55. The maximum absolute atomic E-state index is 11.4. The molecule has 0 amide bonds. The van der Waals surface area contributed by atoms with Crippen LogP contribution >= 0.6 is 0 Å². The summed E-state index contributed by atoms with van der Waals surface area (Å²) in [7, 11) is 0. The third kappa shape index (κ3) is 7.77. The molecular formula is C39H74N10O4. The van der Waals surface area contributed by atoms with E-state index in [1.807, 2.05) is 0 Å². The Hall–Kier alpha value is -1.91. The topological polar surface area (TPSA) is 165 Å². The first kappa shape index (κ1) is 42.2. The summed E-state index contributed by atoms with van der Waals surface area (Å²) in [6.07, 6.45) is 5.27. The third-order valence-corrected chi connectivity index (χ3v) is 13.1. The molecule has 14 heteroatoms. The number of nitrogens with zero attached hydrogens (tertiary/aromatic N) is 9. The van der Waals surface area contributed by atoms with Crippen molar-refractivity contribution in [2.45, 2.75) is 231 Å². The Balaban J connectivity index is 1.71. The van der Waals surface area contributed by atoms with Crippen LogP contribution in [0.3, 0.4) is 0 Å². The number of hydrogen-bond acceptors (Lipinski definition) is 14. The van der Waals surface area contributed by atoms with E-state index in [0.717, 1.165) is 0 Å². The van der Waals surface area contributed by atoms with E-state index in [9.17, 15) is 20.8 Å². The van der Waals surface area contributed by atoms with Gasteiger partial charge in [0.2, 0.25) is 17.8 Å². The fourth-order valence-electron chi connectivity index (χ4n) is 11.5. The maximum atomic E-state index is 11.4. The van der Waals surface area contributed by atoms with Crippen LogP contribution in [0.4, 0.5) is 17.8 Å². The molecule has 4 aliphatic heterocycles. The van der Waals surface area contributed by atoms with E-state index in [-0.39, 0.29) is 30.1 Å². The van der Waals surface area contributed by atoms with E-state index in [2.05, 4.69) is 121 Å². The number of aromatic nitrogens is 3. The van der Waals surface area contributed by atoms with Gasteiger partial charge >= 0.3 is 0 Å². The molecule has 1 aromatic rings. The summed E-state index contributed by atoms with van der Waals surface area (Å²) in [5, 5.41) is 51.5. The van der Waals surface area contributed by atoms with Crippen molar-refractivity contribution < 1.29 is 20.8 Å². The van der Waals surface area contributed by atoms with Gasteiger partial charge in [0.05, 0.1) is 0 Å². The van der Waals surface area contributed by atoms with Crippen LogP contribution in [0.25, 0.3) is 0 Å². The molecular weight excluding hydrogens is 672 g/mol. The van der Waals surface area contributed by atoms with Gasteiger partial charge in [-0.2, -0.15) is 35.2 Å². The number of hydroxylamine groups is 8. The molecule has 0 saturated carbocycles. The number of hydrogen-bond donors (Lipinski definition) is 5. The molecule has 304 valence electrons. The minimum absolute atomic E-state index is 0.0562. The molecule has 5 rings (SSSR count). The van der Waals surface area contributed by atoms with E-state index in [4.69, 9.17) is 20.7 Å². The Bertz CT molecular complexity index is 1250. The third-order valence-electron chi connectivity index (χ3n) is 13.1. The lowest BCUT2D eigenvalue weighted by molar-refractivity contribution is -0.251. The summed E-state index contributed by atoms with van der Waals surface area (Å²) in [6, 6.07) is -0.225. The molecule has 0 spiro atoms. The molecule has 6 N–H and O–H groups in total. The fraction of sp³-hybridized carbons (Fsp3) is 0.923. The quantitative estimate of drug-likeness (QED) is 0.209. The fourth-order valence-corrected chi connectivity index (χ4v) is 11.5. The van der Waals surface area contributed by atoms with Crippen molar-refractivity contribution in [3.05, 3.63) is 0 Å². The van der Waals surface area contributed by atoms with Crippen molar-refractivity contribution in [2.75, 3.05) is 15.5 Å². The number of nitrogen functional groups attached to an aromatic ring is 1. The van der Waals surface area contributed by atoms with Crippen LogP contribution in [-0.4, -0.2) is 125 Å². The second-order valence-corrected chi connectivity index (χ2v) is 22.1. The van der Waals surface area contributed by atoms with Crippen molar-refractivity contribution >= 4 is 17.8 Å². The molecule has 0 atom stereocenters. The average Bonchev–Trinajstić information content (AvgIpc) is 2.95. The summed E-state index contributed by atoms with van der Waals surface area (Å²) in [4.78, 5) is 20.0. The molecule has 0 unspecified atom stereocenters. The summed E-state index contributed by atoms with van der Waals surface area (Å²) in [5.41, 5.74) is 2.47. The maximum Gasteiger partial charge on any atom is 0.232 e. The normalized spacial score (nSPS) is 29.6. The summed E-state index contributed by atoms with van der Waals surface area (Å²) in [5.74, 6) is 1.13. The molecule has 4 aliphatic rings. The smallest absolute Gasteiger partial charge is 0.232 e. The lowest BCUT2D eigenvalue weighted by atomic mass is 9.74. The minimum Gasteiger partial charge on any atom is -0.368 e. The molecule has 4 fully saturated rings. The minimum atomic E-state index is -0.536. The average molecular weight is 747 g/mol. The Kier molecular flexibility index (Phi) is 10.4. The van der Waals surface area contributed by atoms with Gasteiger partial charge in [-0.05, 0) is 162 Å². The molecule has 0 radical (unpaired) electrons. The van der Waals surface area contributed by atoms with Crippen LogP contribution < -0.4 is 15.5 Å². The lowest BCUT2D eigenvalue weighted by Gasteiger charge is -2.58. The summed E-state index contributed by atoms with van der Waals surface area (Å²) >= 11 is 0. The van der Waals surface area contributed by atoms with Gasteiger partial charge < -0.3 is 36.4 Å². The highest BCUT2D eigenvalue weighted by atomic mass is 16.5. The number of nitrogens with two attached hydrogens (primary N) is 1. The van der Waals surface area contributed by atoms with Crippen LogP contribution in [0.1, 0.15) is 162 Å². The second-order valence-electron chi connectivity index (χ2n) is 22.1. The molecule has 14 nitrogen and oxygen atoms in total. The van der Waals surface area contributed by atoms with E-state index >= 15 is 0 Å². The molecule has 0 aliphatic carbocycles. The van der Waals surface area contributed by atoms with Crippen molar-refractivity contribution in [1.29, 1.82) is 0 Å². The second kappa shape index (κ2) is 13.1. The van der Waals surface area contributed by atoms with Gasteiger partial charge in [-0.3, -0.25) is 0 Å². The van der Waals surface area contributed by atoms with Crippen LogP contribution in [0.5, 0.6) is 0 Å². The van der Waals surface area contributed by atoms with Gasteiger partial charge in [0.15, 0.2) is 0 Å². The van der Waals surface area contributed by atoms with E-state index < -0.39 is 44.3 Å². The van der Waals surface area contributed by atoms with E-state index in [0.29, 0.717) is 63.3 Å². The summed E-state index contributed by atoms with van der Waals surface area (Å²) < 4.78 is 0. The first-order valence-electron chi connectivity index (χ1n) is 19.8. The van der Waals surface area contributed by atoms with Crippen LogP contribution in [0.15, 0.2) is 0 Å². The molecule has 1 aromatic heterocycles. The first-order valence-corrected chi connectivity index (χ1v) is 19.8. The largest absolute Gasteiger partial charge is 0.368 e. The van der Waals surface area contributed by atoms with Gasteiger partial charge in [-0.25, -0.2) is 0 Å². The predicted octanol–water partition coefficient (Wildman–Crippen LogP) is 6.71. The van der Waals surface area contributed by atoms with Gasteiger partial charge in [0, 0.05) is 68.5 Å². The highest BCUT2D eigenvalue weighted by molar-refractivity contribution is 5.48. The van der Waals surface area contributed by atoms with Crippen LogP contribution in [0, 0.1) is 0 Å². The van der Waals surface area contributed by atoms with Crippen LogP contribution in [-0.2, 0) is 0 Å². The van der Waals surface area contributed by atoms with E-state index in [1.165, 1.54) is 20.3 Å². The Morgan fingerprint density at radius 2 is 0.566 bits per heavy atom. The molecule has 5 heterocycles. The number of rotatable bonds is 6. The summed E-state index contributed by atoms with van der Waals surface area (Å²) in [6.45, 7) is 33.2. The zero-order chi connectivity index (χ0) is 40.3. The monoisotopic (exact) mass is 747 g/mol. The molecule has 53 heavy (non-hydrogen) atoms. The Labute approximate surface area is 319 Å². The Morgan fingerprint density at radius 1 is 0.396 bits per heavy atom. The zero-order valence-corrected chi connectivity index (χ0v) is 35.9.